The summed E-state index contributed by atoms with van der Waals surface area (Å²) in [6.07, 6.45) is 67.8. The van der Waals surface area contributed by atoms with E-state index in [1.165, 1.54) is 161 Å². The second kappa shape index (κ2) is 54.7. The van der Waals surface area contributed by atoms with Gasteiger partial charge in [0.1, 0.15) is 13.2 Å². The first-order chi connectivity index (χ1) is 32.5. The van der Waals surface area contributed by atoms with Crippen molar-refractivity contribution in [1.82, 2.24) is 0 Å². The van der Waals surface area contributed by atoms with Crippen LogP contribution in [0.2, 0.25) is 0 Å². The highest BCUT2D eigenvalue weighted by atomic mass is 16.6. The number of carbonyl (C=O) groups is 3. The Morgan fingerprint density at radius 3 is 0.909 bits per heavy atom. The van der Waals surface area contributed by atoms with Crippen LogP contribution in [0.25, 0.3) is 0 Å². The van der Waals surface area contributed by atoms with Gasteiger partial charge in [-0.2, -0.15) is 0 Å². The van der Waals surface area contributed by atoms with E-state index in [4.69, 9.17) is 14.2 Å². The molecule has 0 rings (SSSR count). The van der Waals surface area contributed by atoms with E-state index in [9.17, 15) is 14.4 Å². The summed E-state index contributed by atoms with van der Waals surface area (Å²) in [6, 6.07) is 0. The van der Waals surface area contributed by atoms with Gasteiger partial charge in [0.25, 0.3) is 0 Å². The fraction of sp³-hybridized carbons (Fsp3) is 0.783. The monoisotopic (exact) mass is 923 g/mol. The van der Waals surface area contributed by atoms with Gasteiger partial charge in [-0.25, -0.2) is 0 Å². The van der Waals surface area contributed by atoms with Gasteiger partial charge in [0.15, 0.2) is 6.10 Å². The van der Waals surface area contributed by atoms with Crippen LogP contribution in [-0.4, -0.2) is 37.2 Å². The average Bonchev–Trinajstić information content (AvgIpc) is 3.31. The van der Waals surface area contributed by atoms with E-state index in [1.54, 1.807) is 0 Å². The van der Waals surface area contributed by atoms with Crippen molar-refractivity contribution in [3.05, 3.63) is 60.8 Å². The SMILES string of the molecule is CCC/C=C\CCCCCCCC(=O)OCC(COC(=O)CCCCCCCCCCC/C=C\C/C=C\CCCCC)OC(=O)CCCCCCCCCCC/C=C\C/C=C\CCCCC. The van der Waals surface area contributed by atoms with Crippen molar-refractivity contribution in [3.63, 3.8) is 0 Å². The van der Waals surface area contributed by atoms with E-state index in [0.717, 1.165) is 83.5 Å². The number of rotatable bonds is 51. The van der Waals surface area contributed by atoms with Crippen molar-refractivity contribution in [2.24, 2.45) is 0 Å². The molecule has 0 bridgehead atoms. The van der Waals surface area contributed by atoms with Crippen LogP contribution in [0, 0.1) is 0 Å². The Balaban J connectivity index is 4.31. The molecule has 0 aromatic rings. The normalized spacial score (nSPS) is 12.5. The zero-order chi connectivity index (χ0) is 47.9. The predicted molar refractivity (Wildman–Crippen MR) is 284 cm³/mol. The quantitative estimate of drug-likeness (QED) is 0.0262. The zero-order valence-corrected chi connectivity index (χ0v) is 43.7. The molecule has 0 amide bonds. The standard InChI is InChI=1S/C60H106O6/c1-4-7-10-13-16-19-22-24-26-28-30-32-34-36-38-41-44-47-50-53-59(62)65-56-57(55-64-58(61)52-49-46-43-40-21-18-15-12-9-6-3)66-60(63)54-51-48-45-42-39-37-35-33-31-29-27-25-23-20-17-14-11-8-5-2/h12,15-17,19-20,24-27,57H,4-11,13-14,18,21-23,28-56H2,1-3H3/b15-12-,19-16-,20-17-,26-24-,27-25-. The molecule has 6 heteroatoms. The van der Waals surface area contributed by atoms with E-state index in [1.807, 2.05) is 0 Å². The van der Waals surface area contributed by atoms with Gasteiger partial charge in [-0.05, 0) is 103 Å². The van der Waals surface area contributed by atoms with Gasteiger partial charge in [0.05, 0.1) is 0 Å². The Morgan fingerprint density at radius 2 is 0.576 bits per heavy atom. The first-order valence-corrected chi connectivity index (χ1v) is 28.3. The Labute approximate surface area is 409 Å². The second-order valence-electron chi connectivity index (χ2n) is 18.8. The molecule has 0 saturated heterocycles. The van der Waals surface area contributed by atoms with E-state index in [-0.39, 0.29) is 31.1 Å². The van der Waals surface area contributed by atoms with Gasteiger partial charge in [-0.3, -0.25) is 14.4 Å². The van der Waals surface area contributed by atoms with E-state index < -0.39 is 6.10 Å². The number of hydrogen-bond donors (Lipinski definition) is 0. The lowest BCUT2D eigenvalue weighted by Gasteiger charge is -2.18. The highest BCUT2D eigenvalue weighted by molar-refractivity contribution is 5.71. The number of ether oxygens (including phenoxy) is 3. The molecular weight excluding hydrogens is 817 g/mol. The van der Waals surface area contributed by atoms with Gasteiger partial charge in [-0.15, -0.1) is 0 Å². The molecule has 382 valence electrons. The highest BCUT2D eigenvalue weighted by Crippen LogP contribution is 2.15. The Kier molecular flexibility index (Phi) is 52.3. The fourth-order valence-corrected chi connectivity index (χ4v) is 7.92. The minimum atomic E-state index is -0.780. The summed E-state index contributed by atoms with van der Waals surface area (Å²) in [7, 11) is 0. The lowest BCUT2D eigenvalue weighted by atomic mass is 10.1. The first kappa shape index (κ1) is 63.1. The van der Waals surface area contributed by atoms with Crippen LogP contribution in [-0.2, 0) is 28.6 Å². The Hall–Kier alpha value is -2.89. The first-order valence-electron chi connectivity index (χ1n) is 28.3. The molecule has 1 unspecified atom stereocenters. The molecule has 66 heavy (non-hydrogen) atoms. The third-order valence-corrected chi connectivity index (χ3v) is 12.2. The highest BCUT2D eigenvalue weighted by Gasteiger charge is 2.19. The van der Waals surface area contributed by atoms with Crippen LogP contribution < -0.4 is 0 Å². The number of esters is 3. The summed E-state index contributed by atoms with van der Waals surface area (Å²) >= 11 is 0. The fourth-order valence-electron chi connectivity index (χ4n) is 7.92. The summed E-state index contributed by atoms with van der Waals surface area (Å²) < 4.78 is 16.8. The van der Waals surface area contributed by atoms with Crippen molar-refractivity contribution < 1.29 is 28.6 Å². The maximum absolute atomic E-state index is 12.8. The summed E-state index contributed by atoms with van der Waals surface area (Å²) in [5, 5.41) is 0. The summed E-state index contributed by atoms with van der Waals surface area (Å²) in [4.78, 5) is 38.1. The lowest BCUT2D eigenvalue weighted by molar-refractivity contribution is -0.167. The molecule has 0 aliphatic heterocycles. The van der Waals surface area contributed by atoms with Crippen LogP contribution in [0.5, 0.6) is 0 Å². The zero-order valence-electron chi connectivity index (χ0n) is 43.7. The third kappa shape index (κ3) is 52.1. The maximum Gasteiger partial charge on any atom is 0.306 e. The molecule has 0 aliphatic rings. The molecule has 0 spiro atoms. The Morgan fingerprint density at radius 1 is 0.303 bits per heavy atom. The van der Waals surface area contributed by atoms with E-state index in [2.05, 4.69) is 81.5 Å². The molecule has 0 radical (unpaired) electrons. The molecule has 1 atom stereocenters. The number of hydrogen-bond acceptors (Lipinski definition) is 6. The van der Waals surface area contributed by atoms with Crippen LogP contribution in [0.3, 0.4) is 0 Å². The predicted octanol–water partition coefficient (Wildman–Crippen LogP) is 18.8. The molecule has 0 aromatic heterocycles. The summed E-state index contributed by atoms with van der Waals surface area (Å²) in [5.41, 5.74) is 0. The number of unbranched alkanes of at least 4 members (excludes halogenated alkanes) is 30. The van der Waals surface area contributed by atoms with Crippen LogP contribution in [0.4, 0.5) is 0 Å². The van der Waals surface area contributed by atoms with Crippen LogP contribution >= 0.6 is 0 Å². The van der Waals surface area contributed by atoms with E-state index >= 15 is 0 Å². The minimum absolute atomic E-state index is 0.0800. The number of allylic oxidation sites excluding steroid dienone is 10. The molecular formula is C60H106O6. The number of carbonyl (C=O) groups excluding carboxylic acids is 3. The van der Waals surface area contributed by atoms with Crippen molar-refractivity contribution in [3.8, 4) is 0 Å². The van der Waals surface area contributed by atoms with Crippen LogP contribution in [0.15, 0.2) is 60.8 Å². The van der Waals surface area contributed by atoms with Crippen LogP contribution in [0.1, 0.15) is 284 Å². The summed E-state index contributed by atoms with van der Waals surface area (Å²) in [6.45, 7) is 6.53. The summed E-state index contributed by atoms with van der Waals surface area (Å²) in [5.74, 6) is -0.891. The van der Waals surface area contributed by atoms with Crippen molar-refractivity contribution in [1.29, 1.82) is 0 Å². The molecule has 0 heterocycles. The largest absolute Gasteiger partial charge is 0.462 e. The second-order valence-corrected chi connectivity index (χ2v) is 18.8. The van der Waals surface area contributed by atoms with Gasteiger partial charge in [-0.1, -0.05) is 223 Å². The maximum atomic E-state index is 12.8. The van der Waals surface area contributed by atoms with Crippen molar-refractivity contribution >= 4 is 17.9 Å². The van der Waals surface area contributed by atoms with Gasteiger partial charge >= 0.3 is 17.9 Å². The molecule has 0 fully saturated rings. The van der Waals surface area contributed by atoms with Crippen molar-refractivity contribution in [2.75, 3.05) is 13.2 Å². The van der Waals surface area contributed by atoms with Gasteiger partial charge in [0, 0.05) is 19.3 Å². The molecule has 0 aliphatic carbocycles. The third-order valence-electron chi connectivity index (χ3n) is 12.2. The molecule has 0 saturated carbocycles. The average molecular weight is 924 g/mol. The van der Waals surface area contributed by atoms with Crippen molar-refractivity contribution in [2.45, 2.75) is 290 Å². The Bertz CT molecular complexity index is 1200. The smallest absolute Gasteiger partial charge is 0.306 e. The van der Waals surface area contributed by atoms with E-state index in [0.29, 0.717) is 19.3 Å². The van der Waals surface area contributed by atoms with Gasteiger partial charge in [0.2, 0.25) is 0 Å². The molecule has 0 aromatic carbocycles. The topological polar surface area (TPSA) is 78.9 Å². The molecule has 0 N–H and O–H groups in total. The molecule has 6 nitrogen and oxygen atoms in total. The minimum Gasteiger partial charge on any atom is -0.462 e. The lowest BCUT2D eigenvalue weighted by Crippen LogP contribution is -2.30. The van der Waals surface area contributed by atoms with Gasteiger partial charge < -0.3 is 14.2 Å².